The van der Waals surface area contributed by atoms with Gasteiger partial charge in [-0.1, -0.05) is 0 Å². The number of hydrogen-bond acceptors (Lipinski definition) is 4. The molecule has 0 radical (unpaired) electrons. The number of halogens is 1. The van der Waals surface area contributed by atoms with Gasteiger partial charge < -0.3 is 5.11 Å². The first-order chi connectivity index (χ1) is 8.22. The molecule has 0 bridgehead atoms. The summed E-state index contributed by atoms with van der Waals surface area (Å²) in [6.45, 7) is 0. The minimum absolute atomic E-state index is 0.476. The Morgan fingerprint density at radius 2 is 2.35 bits per heavy atom. The first-order valence-electron chi connectivity index (χ1n) is 5.05. The summed E-state index contributed by atoms with van der Waals surface area (Å²) in [5, 5.41) is 14.1. The Kier molecular flexibility index (Phi) is 3.04. The number of aliphatic hydroxyl groups excluding tert-OH is 1. The minimum Gasteiger partial charge on any atom is -0.387 e. The van der Waals surface area contributed by atoms with Crippen LogP contribution in [-0.2, 0) is 6.42 Å². The highest BCUT2D eigenvalue weighted by molar-refractivity contribution is 9.10. The van der Waals surface area contributed by atoms with Crippen LogP contribution in [0.25, 0.3) is 4.96 Å². The lowest BCUT2D eigenvalue weighted by atomic mass is 10.2. The second kappa shape index (κ2) is 4.53. The molecule has 17 heavy (non-hydrogen) atoms. The number of aliphatic hydroxyl groups is 1. The highest BCUT2D eigenvalue weighted by Crippen LogP contribution is 2.27. The number of aromatic nitrogens is 2. The molecule has 0 spiro atoms. The van der Waals surface area contributed by atoms with Crippen LogP contribution in [0.4, 0.5) is 0 Å². The highest BCUT2D eigenvalue weighted by Gasteiger charge is 2.13. The number of rotatable bonds is 3. The number of thiophene rings is 1. The van der Waals surface area contributed by atoms with E-state index in [4.69, 9.17) is 0 Å². The Bertz CT molecular complexity index is 614. The Balaban J connectivity index is 1.80. The quantitative estimate of drug-likeness (QED) is 0.799. The van der Waals surface area contributed by atoms with E-state index in [1.54, 1.807) is 22.7 Å². The lowest BCUT2D eigenvalue weighted by Crippen LogP contribution is -1.99. The molecular formula is C11H9BrN2OS2. The van der Waals surface area contributed by atoms with Crippen molar-refractivity contribution in [2.75, 3.05) is 0 Å². The molecule has 88 valence electrons. The van der Waals surface area contributed by atoms with Gasteiger partial charge in [0.05, 0.1) is 11.8 Å². The topological polar surface area (TPSA) is 37.5 Å². The summed E-state index contributed by atoms with van der Waals surface area (Å²) >= 11 is 6.55. The summed E-state index contributed by atoms with van der Waals surface area (Å²) in [5.41, 5.74) is 0.925. The van der Waals surface area contributed by atoms with Crippen LogP contribution >= 0.6 is 38.6 Å². The molecule has 0 aliphatic rings. The van der Waals surface area contributed by atoms with Crippen molar-refractivity contribution in [2.45, 2.75) is 12.5 Å². The van der Waals surface area contributed by atoms with E-state index < -0.39 is 6.10 Å². The maximum atomic E-state index is 10.1. The van der Waals surface area contributed by atoms with Crippen molar-refractivity contribution >= 4 is 43.6 Å². The van der Waals surface area contributed by atoms with Gasteiger partial charge in [-0.3, -0.25) is 4.40 Å². The Morgan fingerprint density at radius 1 is 1.47 bits per heavy atom. The summed E-state index contributed by atoms with van der Waals surface area (Å²) in [4.78, 5) is 6.40. The molecule has 0 saturated carbocycles. The van der Waals surface area contributed by atoms with E-state index in [-0.39, 0.29) is 0 Å². The predicted molar refractivity (Wildman–Crippen MR) is 73.8 cm³/mol. The van der Waals surface area contributed by atoms with Crippen molar-refractivity contribution in [1.29, 1.82) is 0 Å². The van der Waals surface area contributed by atoms with E-state index in [1.807, 2.05) is 33.6 Å². The summed E-state index contributed by atoms with van der Waals surface area (Å²) in [6.07, 6.45) is 4.03. The van der Waals surface area contributed by atoms with E-state index in [0.29, 0.717) is 6.42 Å². The second-order valence-electron chi connectivity index (χ2n) is 3.71. The second-order valence-corrected chi connectivity index (χ2v) is 6.44. The smallest absolute Gasteiger partial charge is 0.193 e. The molecule has 0 aliphatic carbocycles. The fourth-order valence-corrected chi connectivity index (χ4v) is 3.83. The van der Waals surface area contributed by atoms with Crippen molar-refractivity contribution in [1.82, 2.24) is 9.38 Å². The molecule has 3 heterocycles. The third kappa shape index (κ3) is 2.30. The van der Waals surface area contributed by atoms with Crippen LogP contribution in [0, 0.1) is 0 Å². The fourth-order valence-electron chi connectivity index (χ4n) is 1.68. The molecule has 3 aromatic heterocycles. The Morgan fingerprint density at radius 3 is 3.06 bits per heavy atom. The molecule has 3 aromatic rings. The number of imidazole rings is 1. The van der Waals surface area contributed by atoms with Gasteiger partial charge >= 0.3 is 0 Å². The number of hydrogen-bond donors (Lipinski definition) is 1. The molecule has 3 rings (SSSR count). The SMILES string of the molecule is OC(Cc1cn2ccsc2n1)c1cc(Br)cs1. The van der Waals surface area contributed by atoms with Crippen LogP contribution in [0.3, 0.4) is 0 Å². The van der Waals surface area contributed by atoms with E-state index >= 15 is 0 Å². The van der Waals surface area contributed by atoms with Gasteiger partial charge in [0.2, 0.25) is 0 Å². The van der Waals surface area contributed by atoms with Crippen molar-refractivity contribution in [2.24, 2.45) is 0 Å². The number of thiazole rings is 1. The van der Waals surface area contributed by atoms with Crippen LogP contribution < -0.4 is 0 Å². The Hall–Kier alpha value is -0.690. The van der Waals surface area contributed by atoms with E-state index in [0.717, 1.165) is 20.0 Å². The zero-order valence-corrected chi connectivity index (χ0v) is 11.9. The van der Waals surface area contributed by atoms with Crippen molar-refractivity contribution in [3.8, 4) is 0 Å². The molecule has 0 aliphatic heterocycles. The average Bonchev–Trinajstić information content (AvgIpc) is 2.92. The van der Waals surface area contributed by atoms with Crippen molar-refractivity contribution in [3.63, 3.8) is 0 Å². The molecule has 0 fully saturated rings. The number of nitrogens with zero attached hydrogens (tertiary/aromatic N) is 2. The molecule has 0 saturated heterocycles. The monoisotopic (exact) mass is 328 g/mol. The molecule has 1 atom stereocenters. The normalized spacial score (nSPS) is 13.3. The molecule has 0 amide bonds. The standard InChI is InChI=1S/C11H9BrN2OS2/c12-7-3-10(17-6-7)9(15)4-8-5-14-1-2-16-11(14)13-8/h1-3,5-6,9,15H,4H2. The first-order valence-corrected chi connectivity index (χ1v) is 7.60. The van der Waals surface area contributed by atoms with Crippen LogP contribution in [0.2, 0.25) is 0 Å². The number of fused-ring (bicyclic) bond motifs is 1. The van der Waals surface area contributed by atoms with Crippen molar-refractivity contribution in [3.05, 3.63) is 44.3 Å². The zero-order chi connectivity index (χ0) is 11.8. The molecule has 1 unspecified atom stereocenters. The van der Waals surface area contributed by atoms with Crippen LogP contribution in [0.1, 0.15) is 16.7 Å². The van der Waals surface area contributed by atoms with E-state index in [9.17, 15) is 5.11 Å². The van der Waals surface area contributed by atoms with Crippen LogP contribution in [-0.4, -0.2) is 14.5 Å². The van der Waals surface area contributed by atoms with Gasteiger partial charge in [-0.2, -0.15) is 0 Å². The fraction of sp³-hybridized carbons (Fsp3) is 0.182. The maximum absolute atomic E-state index is 10.1. The largest absolute Gasteiger partial charge is 0.387 e. The summed E-state index contributed by atoms with van der Waals surface area (Å²) in [6, 6.07) is 1.95. The first kappa shape index (κ1) is 11.4. The van der Waals surface area contributed by atoms with E-state index in [1.165, 1.54) is 0 Å². The molecular weight excluding hydrogens is 320 g/mol. The summed E-state index contributed by atoms with van der Waals surface area (Å²) < 4.78 is 3.00. The summed E-state index contributed by atoms with van der Waals surface area (Å²) in [5.74, 6) is 0. The van der Waals surface area contributed by atoms with Gasteiger partial charge in [0.15, 0.2) is 4.96 Å². The average molecular weight is 329 g/mol. The zero-order valence-electron chi connectivity index (χ0n) is 8.71. The predicted octanol–water partition coefficient (Wildman–Crippen LogP) is 3.50. The van der Waals surface area contributed by atoms with Gasteiger partial charge in [0.25, 0.3) is 0 Å². The van der Waals surface area contributed by atoms with Gasteiger partial charge in [0, 0.05) is 38.9 Å². The third-order valence-electron chi connectivity index (χ3n) is 2.46. The minimum atomic E-state index is -0.476. The highest BCUT2D eigenvalue weighted by atomic mass is 79.9. The van der Waals surface area contributed by atoms with Gasteiger partial charge in [0.1, 0.15) is 0 Å². The van der Waals surface area contributed by atoms with Gasteiger partial charge in [-0.15, -0.1) is 22.7 Å². The summed E-state index contributed by atoms with van der Waals surface area (Å²) in [7, 11) is 0. The molecule has 3 nitrogen and oxygen atoms in total. The van der Waals surface area contributed by atoms with Crippen molar-refractivity contribution < 1.29 is 5.11 Å². The molecule has 0 aromatic carbocycles. The maximum Gasteiger partial charge on any atom is 0.193 e. The van der Waals surface area contributed by atoms with E-state index in [2.05, 4.69) is 20.9 Å². The lowest BCUT2D eigenvalue weighted by molar-refractivity contribution is 0.181. The molecule has 6 heteroatoms. The van der Waals surface area contributed by atoms with Gasteiger partial charge in [-0.05, 0) is 22.0 Å². The third-order valence-corrected chi connectivity index (χ3v) is 5.03. The Labute approximate surface area is 114 Å². The van der Waals surface area contributed by atoms with Gasteiger partial charge in [-0.25, -0.2) is 4.98 Å². The molecule has 1 N–H and O–H groups in total. The van der Waals surface area contributed by atoms with Crippen LogP contribution in [0.5, 0.6) is 0 Å². The van der Waals surface area contributed by atoms with Crippen LogP contribution in [0.15, 0.2) is 33.7 Å². The lowest BCUT2D eigenvalue weighted by Gasteiger charge is -2.05.